The van der Waals surface area contributed by atoms with E-state index in [0.29, 0.717) is 5.69 Å². The lowest BCUT2D eigenvalue weighted by Crippen LogP contribution is -2.14. The molecule has 1 aromatic heterocycles. The Morgan fingerprint density at radius 1 is 1.28 bits per heavy atom. The van der Waals surface area contributed by atoms with Gasteiger partial charge in [-0.3, -0.25) is 9.82 Å². The van der Waals surface area contributed by atoms with Crippen LogP contribution in [0.1, 0.15) is 11.1 Å². The first kappa shape index (κ1) is 12.4. The first-order valence-electron chi connectivity index (χ1n) is 5.29. The fourth-order valence-electron chi connectivity index (χ4n) is 1.51. The van der Waals surface area contributed by atoms with E-state index in [9.17, 15) is 8.42 Å². The number of aromatic amines is 1. The van der Waals surface area contributed by atoms with Gasteiger partial charge in [-0.2, -0.15) is 5.10 Å². The minimum atomic E-state index is -3.70. The van der Waals surface area contributed by atoms with Crippen molar-refractivity contribution in [3.05, 3.63) is 35.5 Å². The maximum atomic E-state index is 12.0. The summed E-state index contributed by atoms with van der Waals surface area (Å²) in [7, 11) is -3.70. The van der Waals surface area contributed by atoms with Crippen molar-refractivity contribution >= 4 is 21.5 Å². The molecule has 0 bridgehead atoms. The zero-order valence-electron chi connectivity index (χ0n) is 10.1. The molecule has 96 valence electrons. The van der Waals surface area contributed by atoms with Gasteiger partial charge in [0.15, 0.2) is 0 Å². The maximum Gasteiger partial charge on any atom is 0.267 e. The number of nitrogens with one attached hydrogen (secondary N) is 2. The second-order valence-electron chi connectivity index (χ2n) is 4.05. The third kappa shape index (κ3) is 2.30. The Morgan fingerprint density at radius 3 is 2.56 bits per heavy atom. The summed E-state index contributed by atoms with van der Waals surface area (Å²) in [6, 6.07) is 5.32. The van der Waals surface area contributed by atoms with Crippen LogP contribution in [0.5, 0.6) is 0 Å². The summed E-state index contributed by atoms with van der Waals surface area (Å²) in [4.78, 5) is -0.0549. The van der Waals surface area contributed by atoms with Crippen LogP contribution in [0.3, 0.4) is 0 Å². The van der Waals surface area contributed by atoms with Crippen molar-refractivity contribution < 1.29 is 8.42 Å². The predicted molar refractivity (Wildman–Crippen MR) is 69.7 cm³/mol. The van der Waals surface area contributed by atoms with E-state index in [4.69, 9.17) is 5.73 Å². The molecule has 0 amide bonds. The van der Waals surface area contributed by atoms with Crippen LogP contribution in [-0.4, -0.2) is 18.6 Å². The number of nitrogens with zero attached hydrogens (tertiary/aromatic N) is 1. The van der Waals surface area contributed by atoms with Crippen LogP contribution in [0.25, 0.3) is 0 Å². The molecule has 1 aromatic carbocycles. The lowest BCUT2D eigenvalue weighted by Gasteiger charge is -2.08. The summed E-state index contributed by atoms with van der Waals surface area (Å²) in [5, 5.41) is 5.98. The summed E-state index contributed by atoms with van der Waals surface area (Å²) >= 11 is 0. The van der Waals surface area contributed by atoms with E-state index in [1.54, 1.807) is 12.1 Å². The predicted octanol–water partition coefficient (Wildman–Crippen LogP) is 1.41. The number of benzene rings is 1. The molecule has 6 nitrogen and oxygen atoms in total. The number of rotatable bonds is 3. The van der Waals surface area contributed by atoms with Crippen molar-refractivity contribution in [1.82, 2.24) is 10.2 Å². The lowest BCUT2D eigenvalue weighted by atomic mass is 10.1. The minimum Gasteiger partial charge on any atom is -0.383 e. The third-order valence-corrected chi connectivity index (χ3v) is 4.09. The van der Waals surface area contributed by atoms with E-state index in [1.807, 2.05) is 19.9 Å². The van der Waals surface area contributed by atoms with Crippen molar-refractivity contribution in [3.63, 3.8) is 0 Å². The van der Waals surface area contributed by atoms with Gasteiger partial charge in [0.2, 0.25) is 0 Å². The quantitative estimate of drug-likeness (QED) is 0.781. The smallest absolute Gasteiger partial charge is 0.267 e. The molecule has 0 unspecified atom stereocenters. The van der Waals surface area contributed by atoms with Gasteiger partial charge in [0.05, 0.1) is 6.20 Å². The molecule has 2 rings (SSSR count). The Hall–Kier alpha value is -2.02. The standard InChI is InChI=1S/C11H14N4O2S/c1-7-3-4-9(5-8(7)2)15-18(16,17)10-6-13-14-11(10)12/h3-6,15H,1-2H3,(H3,12,13,14). The highest BCUT2D eigenvalue weighted by atomic mass is 32.2. The molecule has 1 heterocycles. The fraction of sp³-hybridized carbons (Fsp3) is 0.182. The molecular weight excluding hydrogens is 252 g/mol. The molecule has 0 radical (unpaired) electrons. The Labute approximate surface area is 105 Å². The van der Waals surface area contributed by atoms with Crippen LogP contribution in [-0.2, 0) is 10.0 Å². The van der Waals surface area contributed by atoms with Crippen molar-refractivity contribution in [2.75, 3.05) is 10.5 Å². The second kappa shape index (κ2) is 4.34. The monoisotopic (exact) mass is 266 g/mol. The highest BCUT2D eigenvalue weighted by Crippen LogP contribution is 2.20. The van der Waals surface area contributed by atoms with Crippen LogP contribution in [0.2, 0.25) is 0 Å². The Kier molecular flexibility index (Phi) is 3.00. The van der Waals surface area contributed by atoms with Crippen LogP contribution < -0.4 is 10.5 Å². The number of H-pyrrole nitrogens is 1. The summed E-state index contributed by atoms with van der Waals surface area (Å²) in [6.07, 6.45) is 1.18. The zero-order chi connectivity index (χ0) is 13.3. The van der Waals surface area contributed by atoms with E-state index < -0.39 is 10.0 Å². The molecule has 18 heavy (non-hydrogen) atoms. The molecule has 0 saturated heterocycles. The highest BCUT2D eigenvalue weighted by Gasteiger charge is 2.19. The van der Waals surface area contributed by atoms with Crippen molar-refractivity contribution in [3.8, 4) is 0 Å². The molecule has 0 saturated carbocycles. The average molecular weight is 266 g/mol. The minimum absolute atomic E-state index is 0.0198. The van der Waals surface area contributed by atoms with Gasteiger partial charge in [-0.15, -0.1) is 0 Å². The third-order valence-electron chi connectivity index (χ3n) is 2.68. The van der Waals surface area contributed by atoms with Crippen molar-refractivity contribution in [2.45, 2.75) is 18.7 Å². The van der Waals surface area contributed by atoms with E-state index in [0.717, 1.165) is 11.1 Å². The van der Waals surface area contributed by atoms with E-state index in [1.165, 1.54) is 6.20 Å². The average Bonchev–Trinajstić information content (AvgIpc) is 2.70. The molecule has 0 fully saturated rings. The number of sulfonamides is 1. The molecule has 0 aliphatic carbocycles. The molecule has 4 N–H and O–H groups in total. The summed E-state index contributed by atoms with van der Waals surface area (Å²) < 4.78 is 26.5. The number of aryl methyl sites for hydroxylation is 2. The van der Waals surface area contributed by atoms with Crippen molar-refractivity contribution in [2.24, 2.45) is 0 Å². The molecule has 7 heteroatoms. The molecule has 0 spiro atoms. The van der Waals surface area contributed by atoms with E-state index >= 15 is 0 Å². The first-order chi connectivity index (χ1) is 8.40. The summed E-state index contributed by atoms with van der Waals surface area (Å²) in [5.74, 6) is 0.0198. The van der Waals surface area contributed by atoms with Gasteiger partial charge in [0.25, 0.3) is 10.0 Å². The lowest BCUT2D eigenvalue weighted by molar-refractivity contribution is 0.601. The maximum absolute atomic E-state index is 12.0. The van der Waals surface area contributed by atoms with Crippen molar-refractivity contribution in [1.29, 1.82) is 0 Å². The SMILES string of the molecule is Cc1ccc(NS(=O)(=O)c2cn[nH]c2N)cc1C. The number of hydrogen-bond donors (Lipinski definition) is 3. The van der Waals surface area contributed by atoms with Gasteiger partial charge in [0.1, 0.15) is 10.7 Å². The van der Waals surface area contributed by atoms with Gasteiger partial charge < -0.3 is 5.73 Å². The van der Waals surface area contributed by atoms with Gasteiger partial charge in [-0.05, 0) is 37.1 Å². The van der Waals surface area contributed by atoms with Crippen LogP contribution in [0.15, 0.2) is 29.3 Å². The summed E-state index contributed by atoms with van der Waals surface area (Å²) in [6.45, 7) is 3.88. The second-order valence-corrected chi connectivity index (χ2v) is 5.70. The Balaban J connectivity index is 2.34. The van der Waals surface area contributed by atoms with Gasteiger partial charge in [0, 0.05) is 5.69 Å². The van der Waals surface area contributed by atoms with Crippen LogP contribution >= 0.6 is 0 Å². The summed E-state index contributed by atoms with van der Waals surface area (Å²) in [5.41, 5.74) is 8.10. The number of nitrogens with two attached hydrogens (primary N) is 1. The van der Waals surface area contributed by atoms with Gasteiger partial charge >= 0.3 is 0 Å². The van der Waals surface area contributed by atoms with Gasteiger partial charge in [-0.1, -0.05) is 6.07 Å². The largest absolute Gasteiger partial charge is 0.383 e. The first-order valence-corrected chi connectivity index (χ1v) is 6.77. The van der Waals surface area contributed by atoms with E-state index in [2.05, 4.69) is 14.9 Å². The highest BCUT2D eigenvalue weighted by molar-refractivity contribution is 7.92. The topological polar surface area (TPSA) is 101 Å². The number of hydrogen-bond acceptors (Lipinski definition) is 4. The zero-order valence-corrected chi connectivity index (χ0v) is 10.9. The van der Waals surface area contributed by atoms with Crippen LogP contribution in [0, 0.1) is 13.8 Å². The Morgan fingerprint density at radius 2 is 2.00 bits per heavy atom. The number of aromatic nitrogens is 2. The van der Waals surface area contributed by atoms with Gasteiger partial charge in [-0.25, -0.2) is 8.42 Å². The molecule has 0 aliphatic heterocycles. The normalized spacial score (nSPS) is 11.4. The van der Waals surface area contributed by atoms with Crippen LogP contribution in [0.4, 0.5) is 11.5 Å². The molecule has 0 aliphatic rings. The molecule has 2 aromatic rings. The fourth-order valence-corrected chi connectivity index (χ4v) is 2.59. The number of anilines is 2. The molecule has 0 atom stereocenters. The van der Waals surface area contributed by atoms with E-state index in [-0.39, 0.29) is 10.7 Å². The number of nitrogen functional groups attached to an aromatic ring is 1. The Bertz CT molecular complexity index is 676. The molecular formula is C11H14N4O2S.